The molecule has 1 saturated carbocycles. The van der Waals surface area contributed by atoms with Gasteiger partial charge in [0.05, 0.1) is 0 Å². The van der Waals surface area contributed by atoms with E-state index in [-0.39, 0.29) is 0 Å². The molecule has 0 bridgehead atoms. The molecule has 0 spiro atoms. The molecular formula is C9H11N3O3. The van der Waals surface area contributed by atoms with Crippen LogP contribution < -0.4 is 5.32 Å². The monoisotopic (exact) mass is 209 g/mol. The van der Waals surface area contributed by atoms with E-state index in [9.17, 15) is 9.59 Å². The standard InChI is InChI=1S/C9H11N3O3/c1-12-5-2-6(11-12)10-7(13)9(3-4-9)8(14)15/h2,5H,3-4H2,1H3,(H,14,15)(H,10,11,13). The number of aliphatic carboxylic acids is 1. The molecule has 0 atom stereocenters. The zero-order valence-corrected chi connectivity index (χ0v) is 8.23. The van der Waals surface area contributed by atoms with E-state index in [1.165, 1.54) is 4.68 Å². The summed E-state index contributed by atoms with van der Waals surface area (Å²) in [5.41, 5.74) is -1.21. The first-order chi connectivity index (χ1) is 7.04. The maximum atomic E-state index is 11.6. The van der Waals surface area contributed by atoms with Crippen molar-refractivity contribution in [2.45, 2.75) is 12.8 Å². The van der Waals surface area contributed by atoms with Gasteiger partial charge in [-0.05, 0) is 12.8 Å². The molecule has 0 saturated heterocycles. The van der Waals surface area contributed by atoms with Crippen LogP contribution in [0.1, 0.15) is 12.8 Å². The SMILES string of the molecule is Cn1ccc(NC(=O)C2(C(=O)O)CC2)n1. The van der Waals surface area contributed by atoms with Gasteiger partial charge in [-0.25, -0.2) is 0 Å². The Labute approximate surface area is 85.9 Å². The van der Waals surface area contributed by atoms with Crippen LogP contribution in [0.25, 0.3) is 0 Å². The maximum absolute atomic E-state index is 11.6. The van der Waals surface area contributed by atoms with Crippen LogP contribution >= 0.6 is 0 Å². The Bertz CT molecular complexity index is 420. The molecule has 6 heteroatoms. The number of hydrogen-bond donors (Lipinski definition) is 2. The zero-order valence-electron chi connectivity index (χ0n) is 8.23. The second kappa shape index (κ2) is 3.08. The smallest absolute Gasteiger partial charge is 0.319 e. The molecule has 0 radical (unpaired) electrons. The number of carbonyl (C=O) groups is 2. The topological polar surface area (TPSA) is 84.2 Å². The third-order valence-electron chi connectivity index (χ3n) is 2.55. The number of aryl methyl sites for hydroxylation is 1. The summed E-state index contributed by atoms with van der Waals surface area (Å²) in [5, 5.41) is 15.3. The van der Waals surface area contributed by atoms with Crippen molar-refractivity contribution in [2.24, 2.45) is 12.5 Å². The summed E-state index contributed by atoms with van der Waals surface area (Å²) in [7, 11) is 1.72. The van der Waals surface area contributed by atoms with E-state index < -0.39 is 17.3 Å². The molecule has 15 heavy (non-hydrogen) atoms. The van der Waals surface area contributed by atoms with E-state index in [1.54, 1.807) is 19.3 Å². The Balaban J connectivity index is 2.08. The van der Waals surface area contributed by atoms with Crippen LogP contribution in [-0.2, 0) is 16.6 Å². The molecule has 0 aromatic carbocycles. The number of aromatic nitrogens is 2. The molecule has 1 heterocycles. The first-order valence-corrected chi connectivity index (χ1v) is 4.59. The van der Waals surface area contributed by atoms with Crippen LogP contribution in [0.4, 0.5) is 5.82 Å². The number of carbonyl (C=O) groups excluding carboxylic acids is 1. The van der Waals surface area contributed by atoms with Gasteiger partial charge in [-0.15, -0.1) is 0 Å². The van der Waals surface area contributed by atoms with Gasteiger partial charge in [0.15, 0.2) is 5.82 Å². The van der Waals surface area contributed by atoms with Crippen molar-refractivity contribution >= 4 is 17.7 Å². The number of carboxylic acids is 1. The summed E-state index contributed by atoms with van der Waals surface area (Å²) < 4.78 is 1.54. The number of hydrogen-bond acceptors (Lipinski definition) is 3. The van der Waals surface area contributed by atoms with E-state index in [1.807, 2.05) is 0 Å². The van der Waals surface area contributed by atoms with Crippen molar-refractivity contribution in [1.29, 1.82) is 0 Å². The lowest BCUT2D eigenvalue weighted by molar-refractivity contribution is -0.147. The molecule has 1 aliphatic rings. The summed E-state index contributed by atoms with van der Waals surface area (Å²) in [6.07, 6.45) is 2.48. The summed E-state index contributed by atoms with van der Waals surface area (Å²) in [5.74, 6) is -1.15. The Morgan fingerprint density at radius 1 is 1.60 bits per heavy atom. The number of nitrogens with zero attached hydrogens (tertiary/aromatic N) is 2. The van der Waals surface area contributed by atoms with Crippen molar-refractivity contribution in [2.75, 3.05) is 5.32 Å². The summed E-state index contributed by atoms with van der Waals surface area (Å²) in [4.78, 5) is 22.4. The molecule has 1 aromatic heterocycles. The average Bonchev–Trinajstić information content (AvgIpc) is 2.88. The molecule has 2 N–H and O–H groups in total. The predicted molar refractivity (Wildman–Crippen MR) is 51.1 cm³/mol. The molecule has 1 aliphatic carbocycles. The number of nitrogens with one attached hydrogen (secondary N) is 1. The van der Waals surface area contributed by atoms with Gasteiger partial charge in [0.1, 0.15) is 5.41 Å². The fourth-order valence-electron chi connectivity index (χ4n) is 1.38. The van der Waals surface area contributed by atoms with E-state index in [2.05, 4.69) is 10.4 Å². The Kier molecular flexibility index (Phi) is 1.99. The number of carboxylic acid groups (broad SMARTS) is 1. The second-order valence-electron chi connectivity index (χ2n) is 3.72. The minimum Gasteiger partial charge on any atom is -0.480 e. The summed E-state index contributed by atoms with van der Waals surface area (Å²) in [6, 6.07) is 1.62. The van der Waals surface area contributed by atoms with E-state index in [4.69, 9.17) is 5.11 Å². The minimum atomic E-state index is -1.21. The molecule has 1 amide bonds. The van der Waals surface area contributed by atoms with Crippen LogP contribution in [0.3, 0.4) is 0 Å². The lowest BCUT2D eigenvalue weighted by atomic mass is 10.1. The fourth-order valence-corrected chi connectivity index (χ4v) is 1.38. The molecule has 1 fully saturated rings. The van der Waals surface area contributed by atoms with Gasteiger partial charge in [0.2, 0.25) is 5.91 Å². The average molecular weight is 209 g/mol. The normalized spacial score (nSPS) is 17.1. The fraction of sp³-hybridized carbons (Fsp3) is 0.444. The Morgan fingerprint density at radius 2 is 2.27 bits per heavy atom. The molecular weight excluding hydrogens is 198 g/mol. The van der Waals surface area contributed by atoms with Gasteiger partial charge in [0, 0.05) is 19.3 Å². The molecule has 1 aromatic rings. The zero-order chi connectivity index (χ0) is 11.1. The van der Waals surface area contributed by atoms with Crippen molar-refractivity contribution < 1.29 is 14.7 Å². The molecule has 0 aliphatic heterocycles. The summed E-state index contributed by atoms with van der Waals surface area (Å²) >= 11 is 0. The highest BCUT2D eigenvalue weighted by molar-refractivity contribution is 6.10. The predicted octanol–water partition coefficient (Wildman–Crippen LogP) is 0.223. The minimum absolute atomic E-state index is 0.384. The van der Waals surface area contributed by atoms with Gasteiger partial charge >= 0.3 is 5.97 Å². The van der Waals surface area contributed by atoms with Gasteiger partial charge < -0.3 is 10.4 Å². The molecule has 2 rings (SSSR count). The number of rotatable bonds is 3. The Morgan fingerprint density at radius 3 is 2.67 bits per heavy atom. The van der Waals surface area contributed by atoms with Crippen molar-refractivity contribution in [3.8, 4) is 0 Å². The highest BCUT2D eigenvalue weighted by Gasteiger charge is 2.57. The van der Waals surface area contributed by atoms with E-state index in [0.29, 0.717) is 18.7 Å². The van der Waals surface area contributed by atoms with Crippen LogP contribution in [0.2, 0.25) is 0 Å². The van der Waals surface area contributed by atoms with Gasteiger partial charge in [-0.2, -0.15) is 5.10 Å². The van der Waals surface area contributed by atoms with Crippen LogP contribution in [-0.4, -0.2) is 26.8 Å². The molecule has 0 unspecified atom stereocenters. The maximum Gasteiger partial charge on any atom is 0.319 e. The number of amides is 1. The molecule has 6 nitrogen and oxygen atoms in total. The highest BCUT2D eigenvalue weighted by atomic mass is 16.4. The summed E-state index contributed by atoms with van der Waals surface area (Å²) in [6.45, 7) is 0. The van der Waals surface area contributed by atoms with E-state index >= 15 is 0 Å². The third kappa shape index (κ3) is 1.58. The van der Waals surface area contributed by atoms with Crippen molar-refractivity contribution in [3.05, 3.63) is 12.3 Å². The van der Waals surface area contributed by atoms with Crippen LogP contribution in [0, 0.1) is 5.41 Å². The Hall–Kier alpha value is -1.85. The first-order valence-electron chi connectivity index (χ1n) is 4.59. The van der Waals surface area contributed by atoms with Crippen molar-refractivity contribution in [3.63, 3.8) is 0 Å². The van der Waals surface area contributed by atoms with E-state index in [0.717, 1.165) is 0 Å². The first kappa shape index (κ1) is 9.70. The van der Waals surface area contributed by atoms with Gasteiger partial charge in [0.25, 0.3) is 0 Å². The highest BCUT2D eigenvalue weighted by Crippen LogP contribution is 2.46. The largest absolute Gasteiger partial charge is 0.480 e. The lowest BCUT2D eigenvalue weighted by Crippen LogP contribution is -2.31. The van der Waals surface area contributed by atoms with Crippen LogP contribution in [0.15, 0.2) is 12.3 Å². The van der Waals surface area contributed by atoms with Crippen molar-refractivity contribution in [1.82, 2.24) is 9.78 Å². The molecule has 80 valence electrons. The third-order valence-corrected chi connectivity index (χ3v) is 2.55. The lowest BCUT2D eigenvalue weighted by Gasteiger charge is -2.08. The second-order valence-corrected chi connectivity index (χ2v) is 3.72. The van der Waals surface area contributed by atoms with Crippen LogP contribution in [0.5, 0.6) is 0 Å². The number of anilines is 1. The quantitative estimate of drug-likeness (QED) is 0.697. The van der Waals surface area contributed by atoms with Gasteiger partial charge in [-0.3, -0.25) is 14.3 Å². The van der Waals surface area contributed by atoms with Gasteiger partial charge in [-0.1, -0.05) is 0 Å².